The molecule has 0 aliphatic carbocycles. The van der Waals surface area contributed by atoms with Crippen LogP contribution >= 0.6 is 12.2 Å². The molecular formula is C14H13N3OS. The number of fused-ring (bicyclic) bond motifs is 1. The number of imidazole rings is 1. The monoisotopic (exact) mass is 271 g/mol. The van der Waals surface area contributed by atoms with Gasteiger partial charge in [0.1, 0.15) is 5.75 Å². The van der Waals surface area contributed by atoms with E-state index in [-0.39, 0.29) is 0 Å². The van der Waals surface area contributed by atoms with Gasteiger partial charge in [0.05, 0.1) is 18.3 Å². The minimum Gasteiger partial charge on any atom is -0.495 e. The Hall–Kier alpha value is -2.14. The van der Waals surface area contributed by atoms with Crippen molar-refractivity contribution in [2.24, 2.45) is 0 Å². The van der Waals surface area contributed by atoms with Crippen LogP contribution in [0.4, 0.5) is 0 Å². The molecule has 96 valence electrons. The van der Waals surface area contributed by atoms with Crippen LogP contribution in [0.25, 0.3) is 16.9 Å². The summed E-state index contributed by atoms with van der Waals surface area (Å²) >= 11 is 5.40. The number of hydrogen-bond acceptors (Lipinski definition) is 3. The molecule has 3 rings (SSSR count). The molecule has 2 heterocycles. The summed E-state index contributed by atoms with van der Waals surface area (Å²) in [6.45, 7) is 1.96. The predicted octanol–water partition coefficient (Wildman–Crippen LogP) is 3.40. The van der Waals surface area contributed by atoms with Gasteiger partial charge in [-0.1, -0.05) is 12.1 Å². The largest absolute Gasteiger partial charge is 0.495 e. The number of ether oxygens (including phenoxy) is 1. The van der Waals surface area contributed by atoms with Crippen molar-refractivity contribution in [3.05, 3.63) is 46.9 Å². The fourth-order valence-corrected chi connectivity index (χ4v) is 2.41. The number of benzene rings is 1. The van der Waals surface area contributed by atoms with Crippen LogP contribution in [-0.2, 0) is 0 Å². The third-order valence-corrected chi connectivity index (χ3v) is 3.28. The number of methoxy groups -OCH3 is 1. The highest BCUT2D eigenvalue weighted by molar-refractivity contribution is 7.71. The molecular weight excluding hydrogens is 258 g/mol. The van der Waals surface area contributed by atoms with Crippen LogP contribution in [0.3, 0.4) is 0 Å². The van der Waals surface area contributed by atoms with E-state index in [0.29, 0.717) is 4.77 Å². The molecule has 0 radical (unpaired) electrons. The number of aromatic nitrogens is 3. The molecule has 3 aromatic rings. The van der Waals surface area contributed by atoms with E-state index < -0.39 is 0 Å². The maximum Gasteiger partial charge on any atom is 0.184 e. The van der Waals surface area contributed by atoms with Crippen LogP contribution in [0, 0.1) is 11.7 Å². The molecule has 19 heavy (non-hydrogen) atoms. The summed E-state index contributed by atoms with van der Waals surface area (Å²) in [5.74, 6) is 0.766. The second kappa shape index (κ2) is 4.51. The number of nitrogens with one attached hydrogen (secondary N) is 1. The number of nitrogens with zero attached hydrogens (tertiary/aromatic N) is 2. The Morgan fingerprint density at radius 2 is 2.00 bits per heavy atom. The molecule has 0 aliphatic heterocycles. The molecule has 2 aromatic heterocycles. The van der Waals surface area contributed by atoms with E-state index in [9.17, 15) is 0 Å². The van der Waals surface area contributed by atoms with Crippen LogP contribution < -0.4 is 4.74 Å². The molecule has 0 saturated heterocycles. The van der Waals surface area contributed by atoms with E-state index in [1.54, 1.807) is 7.11 Å². The van der Waals surface area contributed by atoms with Crippen molar-refractivity contribution >= 4 is 23.4 Å². The van der Waals surface area contributed by atoms with Crippen molar-refractivity contribution in [3.8, 4) is 11.4 Å². The second-order valence-electron chi connectivity index (χ2n) is 4.26. The van der Waals surface area contributed by atoms with Gasteiger partial charge in [-0.3, -0.25) is 4.57 Å². The van der Waals surface area contributed by atoms with E-state index >= 15 is 0 Å². The Morgan fingerprint density at radius 1 is 1.21 bits per heavy atom. The highest BCUT2D eigenvalue weighted by atomic mass is 32.1. The molecule has 5 heteroatoms. The number of hydrogen-bond donors (Lipinski definition) is 1. The molecule has 1 N–H and O–H groups in total. The van der Waals surface area contributed by atoms with Crippen molar-refractivity contribution in [1.29, 1.82) is 0 Å². The maximum atomic E-state index is 5.40. The van der Waals surface area contributed by atoms with Gasteiger partial charge in [-0.25, -0.2) is 4.98 Å². The Kier molecular flexibility index (Phi) is 2.83. The zero-order valence-electron chi connectivity index (χ0n) is 10.7. The van der Waals surface area contributed by atoms with E-state index in [4.69, 9.17) is 17.0 Å². The van der Waals surface area contributed by atoms with Crippen LogP contribution in [0.1, 0.15) is 5.69 Å². The third-order valence-electron chi connectivity index (χ3n) is 3.00. The average molecular weight is 271 g/mol. The lowest BCUT2D eigenvalue weighted by atomic mass is 10.3. The summed E-state index contributed by atoms with van der Waals surface area (Å²) in [4.78, 5) is 7.72. The summed E-state index contributed by atoms with van der Waals surface area (Å²) in [5.41, 5.74) is 3.57. The number of para-hydroxylation sites is 2. The summed E-state index contributed by atoms with van der Waals surface area (Å²) in [5, 5.41) is 0. The molecule has 4 nitrogen and oxygen atoms in total. The van der Waals surface area contributed by atoms with Crippen molar-refractivity contribution in [3.63, 3.8) is 0 Å². The molecule has 0 bridgehead atoms. The van der Waals surface area contributed by atoms with Gasteiger partial charge in [0.2, 0.25) is 0 Å². The van der Waals surface area contributed by atoms with E-state index in [0.717, 1.165) is 28.3 Å². The number of aromatic amines is 1. The quantitative estimate of drug-likeness (QED) is 0.726. The molecule has 0 spiro atoms. The lowest BCUT2D eigenvalue weighted by Crippen LogP contribution is -1.99. The summed E-state index contributed by atoms with van der Waals surface area (Å²) in [7, 11) is 1.65. The molecule has 1 aromatic carbocycles. The van der Waals surface area contributed by atoms with Crippen molar-refractivity contribution in [2.45, 2.75) is 6.92 Å². The van der Waals surface area contributed by atoms with Crippen LogP contribution in [0.2, 0.25) is 0 Å². The number of H-pyrrole nitrogens is 1. The summed E-state index contributed by atoms with van der Waals surface area (Å²) in [6, 6.07) is 11.7. The molecule has 0 saturated carbocycles. The first-order valence-electron chi connectivity index (χ1n) is 5.92. The third kappa shape index (κ3) is 1.92. The summed E-state index contributed by atoms with van der Waals surface area (Å²) in [6.07, 6.45) is 0. The van der Waals surface area contributed by atoms with Gasteiger partial charge < -0.3 is 9.72 Å². The lowest BCUT2D eigenvalue weighted by molar-refractivity contribution is 0.413. The molecule has 0 atom stereocenters. The average Bonchev–Trinajstić information content (AvgIpc) is 2.74. The number of aryl methyl sites for hydroxylation is 1. The zero-order chi connectivity index (χ0) is 13.4. The first-order valence-corrected chi connectivity index (χ1v) is 6.33. The minimum absolute atomic E-state index is 0.609. The Labute approximate surface area is 115 Å². The number of pyridine rings is 1. The summed E-state index contributed by atoms with van der Waals surface area (Å²) < 4.78 is 7.90. The first kappa shape index (κ1) is 11.9. The maximum absolute atomic E-state index is 5.40. The Bertz CT molecular complexity index is 804. The SMILES string of the molecule is COc1ccccc1-n1c(=S)[nH]c2ccc(C)nc21. The second-order valence-corrected chi connectivity index (χ2v) is 4.65. The van der Waals surface area contributed by atoms with Crippen molar-refractivity contribution in [2.75, 3.05) is 7.11 Å². The van der Waals surface area contributed by atoms with E-state index in [2.05, 4.69) is 9.97 Å². The van der Waals surface area contributed by atoms with Gasteiger partial charge >= 0.3 is 0 Å². The highest BCUT2D eigenvalue weighted by Crippen LogP contribution is 2.26. The van der Waals surface area contributed by atoms with E-state index in [1.165, 1.54) is 0 Å². The van der Waals surface area contributed by atoms with Gasteiger partial charge in [-0.2, -0.15) is 0 Å². The normalized spacial score (nSPS) is 10.8. The number of rotatable bonds is 2. The van der Waals surface area contributed by atoms with Crippen LogP contribution in [-0.4, -0.2) is 21.6 Å². The zero-order valence-corrected chi connectivity index (χ0v) is 11.5. The van der Waals surface area contributed by atoms with Gasteiger partial charge in [0.25, 0.3) is 0 Å². The van der Waals surface area contributed by atoms with E-state index in [1.807, 2.05) is 47.9 Å². The van der Waals surface area contributed by atoms with Gasteiger partial charge in [-0.15, -0.1) is 0 Å². The molecule has 0 aliphatic rings. The van der Waals surface area contributed by atoms with Gasteiger partial charge in [0, 0.05) is 5.69 Å². The van der Waals surface area contributed by atoms with Crippen molar-refractivity contribution in [1.82, 2.24) is 14.5 Å². The Morgan fingerprint density at radius 3 is 2.79 bits per heavy atom. The Balaban J connectivity index is 2.39. The van der Waals surface area contributed by atoms with Gasteiger partial charge in [0.15, 0.2) is 10.4 Å². The van der Waals surface area contributed by atoms with Crippen molar-refractivity contribution < 1.29 is 4.74 Å². The van der Waals surface area contributed by atoms with Crippen LogP contribution in [0.5, 0.6) is 5.75 Å². The molecule has 0 unspecified atom stereocenters. The molecule has 0 amide bonds. The van der Waals surface area contributed by atoms with Crippen LogP contribution in [0.15, 0.2) is 36.4 Å². The first-order chi connectivity index (χ1) is 9.20. The topological polar surface area (TPSA) is 42.8 Å². The molecule has 0 fully saturated rings. The highest BCUT2D eigenvalue weighted by Gasteiger charge is 2.11. The van der Waals surface area contributed by atoms with Gasteiger partial charge in [-0.05, 0) is 43.4 Å². The minimum atomic E-state index is 0.609. The predicted molar refractivity (Wildman–Crippen MR) is 77.5 cm³/mol. The fraction of sp³-hybridized carbons (Fsp3) is 0.143. The smallest absolute Gasteiger partial charge is 0.184 e. The fourth-order valence-electron chi connectivity index (χ4n) is 2.12. The lowest BCUT2D eigenvalue weighted by Gasteiger charge is -2.09. The standard InChI is InChI=1S/C14H13N3OS/c1-9-7-8-10-13(15-9)17(14(19)16-10)11-5-3-4-6-12(11)18-2/h3-8H,1-2H3,(H,16,19).